The molecule has 4 heteroatoms. The Morgan fingerprint density at radius 3 is 2.70 bits per heavy atom. The number of hydrogen-bond donors (Lipinski definition) is 0. The van der Waals surface area contributed by atoms with Crippen molar-refractivity contribution in [2.45, 2.75) is 18.9 Å². The summed E-state index contributed by atoms with van der Waals surface area (Å²) in [5, 5.41) is 3.51. The minimum absolute atomic E-state index is 0.598. The topological polar surface area (TPSA) is 19.4 Å². The molecule has 2 aromatic heterocycles. The number of pyridine rings is 1. The average molecular weight is 285 g/mol. The van der Waals surface area contributed by atoms with Crippen molar-refractivity contribution >= 4 is 22.0 Å². The second kappa shape index (κ2) is 5.19. The predicted molar refractivity (Wildman–Crippen MR) is 83.6 cm³/mol. The second-order valence-electron chi connectivity index (χ2n) is 5.74. The summed E-state index contributed by atoms with van der Waals surface area (Å²) in [5.74, 6) is 0.822. The standard InChI is InChI=1S/C16H19N3S/c1-3-14(11-17-7-1)19(16-4-2-10-20-16)15-12-18-8-5-13(15)6-9-18/h1-4,7,10-11,13,15H,5-6,8-9,12H2/t15-/m0/s1. The number of fused-ring (bicyclic) bond motifs is 3. The van der Waals surface area contributed by atoms with E-state index in [1.807, 2.05) is 29.8 Å². The summed E-state index contributed by atoms with van der Waals surface area (Å²) in [7, 11) is 0. The summed E-state index contributed by atoms with van der Waals surface area (Å²) < 4.78 is 0. The van der Waals surface area contributed by atoms with Gasteiger partial charge in [0.05, 0.1) is 22.9 Å². The minimum Gasteiger partial charge on any atom is -0.327 e. The van der Waals surface area contributed by atoms with Crippen LogP contribution in [0.2, 0.25) is 0 Å². The summed E-state index contributed by atoms with van der Waals surface area (Å²) in [5.41, 5.74) is 1.23. The molecule has 20 heavy (non-hydrogen) atoms. The van der Waals surface area contributed by atoms with Crippen LogP contribution in [0.25, 0.3) is 0 Å². The molecule has 104 valence electrons. The molecule has 2 bridgehead atoms. The summed E-state index contributed by atoms with van der Waals surface area (Å²) in [4.78, 5) is 9.46. The van der Waals surface area contributed by atoms with E-state index in [1.54, 1.807) is 0 Å². The molecule has 0 radical (unpaired) electrons. The number of anilines is 2. The largest absolute Gasteiger partial charge is 0.327 e. The monoisotopic (exact) mass is 285 g/mol. The van der Waals surface area contributed by atoms with Gasteiger partial charge in [-0.05, 0) is 61.5 Å². The molecule has 3 saturated heterocycles. The van der Waals surface area contributed by atoms with Gasteiger partial charge in [0, 0.05) is 12.7 Å². The molecule has 2 aromatic rings. The number of nitrogens with zero attached hydrogens (tertiary/aromatic N) is 3. The number of piperidine rings is 3. The fourth-order valence-electron chi connectivity index (χ4n) is 3.61. The van der Waals surface area contributed by atoms with Crippen LogP contribution < -0.4 is 4.90 Å². The molecule has 3 fully saturated rings. The molecule has 5 heterocycles. The summed E-state index contributed by atoms with van der Waals surface area (Å²) in [6, 6.07) is 9.20. The van der Waals surface area contributed by atoms with Gasteiger partial charge in [0.25, 0.3) is 0 Å². The molecule has 0 spiro atoms. The van der Waals surface area contributed by atoms with Crippen LogP contribution in [0.1, 0.15) is 12.8 Å². The maximum atomic E-state index is 4.32. The lowest BCUT2D eigenvalue weighted by molar-refractivity contribution is 0.0897. The Balaban J connectivity index is 1.72. The lowest BCUT2D eigenvalue weighted by atomic mass is 9.83. The van der Waals surface area contributed by atoms with Gasteiger partial charge in [0.1, 0.15) is 0 Å². The maximum Gasteiger partial charge on any atom is 0.0956 e. The molecule has 1 atom stereocenters. The Labute approximate surface area is 123 Å². The third-order valence-electron chi connectivity index (χ3n) is 4.62. The van der Waals surface area contributed by atoms with E-state index in [2.05, 4.69) is 38.4 Å². The van der Waals surface area contributed by atoms with Crippen LogP contribution in [0, 0.1) is 5.92 Å². The number of aromatic nitrogens is 1. The molecule has 0 aromatic carbocycles. The lowest BCUT2D eigenvalue weighted by Crippen LogP contribution is -2.56. The highest BCUT2D eigenvalue weighted by molar-refractivity contribution is 7.14. The van der Waals surface area contributed by atoms with Crippen molar-refractivity contribution in [1.82, 2.24) is 9.88 Å². The Hall–Kier alpha value is -1.39. The van der Waals surface area contributed by atoms with Crippen LogP contribution >= 0.6 is 11.3 Å². The van der Waals surface area contributed by atoms with E-state index in [0.717, 1.165) is 5.92 Å². The van der Waals surface area contributed by atoms with Crippen LogP contribution in [0.3, 0.4) is 0 Å². The molecular formula is C16H19N3S. The van der Waals surface area contributed by atoms with E-state index < -0.39 is 0 Å². The first-order valence-electron chi connectivity index (χ1n) is 7.37. The molecule has 3 aliphatic heterocycles. The quantitative estimate of drug-likeness (QED) is 0.862. The third kappa shape index (κ3) is 2.13. The Bertz CT molecular complexity index is 546. The van der Waals surface area contributed by atoms with Gasteiger partial charge in [-0.15, -0.1) is 11.3 Å². The van der Waals surface area contributed by atoms with Gasteiger partial charge >= 0.3 is 0 Å². The number of hydrogen-bond acceptors (Lipinski definition) is 4. The van der Waals surface area contributed by atoms with Gasteiger partial charge in [-0.25, -0.2) is 0 Å². The van der Waals surface area contributed by atoms with Crippen molar-refractivity contribution in [3.63, 3.8) is 0 Å². The first-order valence-corrected chi connectivity index (χ1v) is 8.25. The van der Waals surface area contributed by atoms with Crippen LogP contribution in [0.4, 0.5) is 10.7 Å². The predicted octanol–water partition coefficient (Wildman–Crippen LogP) is 3.38. The van der Waals surface area contributed by atoms with Gasteiger partial charge in [0.2, 0.25) is 0 Å². The minimum atomic E-state index is 0.598. The Kier molecular flexibility index (Phi) is 3.20. The van der Waals surface area contributed by atoms with Gasteiger partial charge in [0.15, 0.2) is 0 Å². The highest BCUT2D eigenvalue weighted by Gasteiger charge is 2.38. The fourth-order valence-corrected chi connectivity index (χ4v) is 4.42. The van der Waals surface area contributed by atoms with Gasteiger partial charge in [-0.2, -0.15) is 0 Å². The summed E-state index contributed by atoms with van der Waals surface area (Å²) in [6.07, 6.45) is 6.53. The molecule has 0 aliphatic carbocycles. The molecule has 0 amide bonds. The highest BCUT2D eigenvalue weighted by Crippen LogP contribution is 2.39. The van der Waals surface area contributed by atoms with Crippen molar-refractivity contribution in [2.75, 3.05) is 24.5 Å². The normalized spacial score (nSPS) is 28.5. The molecule has 3 nitrogen and oxygen atoms in total. The first-order chi connectivity index (χ1) is 9.92. The molecule has 5 rings (SSSR count). The van der Waals surface area contributed by atoms with E-state index >= 15 is 0 Å². The molecule has 0 unspecified atom stereocenters. The van der Waals surface area contributed by atoms with Gasteiger partial charge in [-0.1, -0.05) is 0 Å². The van der Waals surface area contributed by atoms with Crippen LogP contribution in [-0.2, 0) is 0 Å². The maximum absolute atomic E-state index is 4.32. The van der Waals surface area contributed by atoms with Crippen molar-refractivity contribution in [3.8, 4) is 0 Å². The second-order valence-corrected chi connectivity index (χ2v) is 6.66. The van der Waals surface area contributed by atoms with E-state index in [1.165, 1.54) is 43.2 Å². The zero-order chi connectivity index (χ0) is 13.4. The van der Waals surface area contributed by atoms with Crippen molar-refractivity contribution < 1.29 is 0 Å². The number of thiophene rings is 1. The lowest BCUT2D eigenvalue weighted by Gasteiger charge is -2.49. The van der Waals surface area contributed by atoms with Crippen molar-refractivity contribution in [3.05, 3.63) is 42.0 Å². The van der Waals surface area contributed by atoms with Crippen LogP contribution in [-0.4, -0.2) is 35.6 Å². The van der Waals surface area contributed by atoms with Gasteiger partial charge < -0.3 is 9.80 Å². The SMILES string of the molecule is c1cncc(N(c2cccs2)[C@H]2CN3CCC2CC3)c1. The number of rotatable bonds is 3. The molecule has 3 aliphatic rings. The zero-order valence-corrected chi connectivity index (χ0v) is 12.3. The third-order valence-corrected chi connectivity index (χ3v) is 5.49. The molecular weight excluding hydrogens is 266 g/mol. The smallest absolute Gasteiger partial charge is 0.0956 e. The van der Waals surface area contributed by atoms with E-state index in [-0.39, 0.29) is 0 Å². The molecule has 0 N–H and O–H groups in total. The van der Waals surface area contributed by atoms with Crippen molar-refractivity contribution in [2.24, 2.45) is 5.92 Å². The van der Waals surface area contributed by atoms with Gasteiger partial charge in [-0.3, -0.25) is 4.98 Å². The van der Waals surface area contributed by atoms with Crippen LogP contribution in [0.5, 0.6) is 0 Å². The highest BCUT2D eigenvalue weighted by atomic mass is 32.1. The summed E-state index contributed by atoms with van der Waals surface area (Å²) in [6.45, 7) is 3.76. The van der Waals surface area contributed by atoms with E-state index in [4.69, 9.17) is 0 Å². The van der Waals surface area contributed by atoms with Crippen LogP contribution in [0.15, 0.2) is 42.0 Å². The van der Waals surface area contributed by atoms with E-state index in [0.29, 0.717) is 6.04 Å². The zero-order valence-electron chi connectivity index (χ0n) is 11.5. The Morgan fingerprint density at radius 1 is 1.20 bits per heavy atom. The fraction of sp³-hybridized carbons (Fsp3) is 0.438. The Morgan fingerprint density at radius 2 is 2.10 bits per heavy atom. The average Bonchev–Trinajstić information content (AvgIpc) is 3.04. The summed E-state index contributed by atoms with van der Waals surface area (Å²) >= 11 is 1.83. The first kappa shape index (κ1) is 12.4. The van der Waals surface area contributed by atoms with Crippen molar-refractivity contribution in [1.29, 1.82) is 0 Å². The molecule has 0 saturated carbocycles. The van der Waals surface area contributed by atoms with E-state index in [9.17, 15) is 0 Å².